The highest BCUT2D eigenvalue weighted by atomic mass is 79.9. The zero-order valence-corrected chi connectivity index (χ0v) is 10.2. The first-order valence-corrected chi connectivity index (χ1v) is 5.08. The topological polar surface area (TPSA) is 64.9 Å². The van der Waals surface area contributed by atoms with Crippen LogP contribution >= 0.6 is 15.9 Å². The summed E-state index contributed by atoms with van der Waals surface area (Å²) in [5.74, 6) is -0.700. The Kier molecular flexibility index (Phi) is 3.16. The third-order valence-corrected chi connectivity index (χ3v) is 2.23. The number of hydrogen-bond donors (Lipinski definition) is 1. The quantitative estimate of drug-likeness (QED) is 0.848. The Balaban J connectivity index is 2.95. The highest BCUT2D eigenvalue weighted by molar-refractivity contribution is 9.09. The molecule has 0 spiro atoms. The Morgan fingerprint density at radius 1 is 1.40 bits per heavy atom. The Labute approximate surface area is 94.3 Å². The largest absolute Gasteiger partial charge is 0.378 e. The highest BCUT2D eigenvalue weighted by Crippen LogP contribution is 2.35. The van der Waals surface area contributed by atoms with Gasteiger partial charge in [-0.15, -0.1) is 0 Å². The molecule has 0 aliphatic heterocycles. The first-order valence-electron chi connectivity index (χ1n) is 4.29. The van der Waals surface area contributed by atoms with Crippen LogP contribution in [0.25, 0.3) is 0 Å². The van der Waals surface area contributed by atoms with Crippen LogP contribution in [0, 0.1) is 5.41 Å². The van der Waals surface area contributed by atoms with Crippen molar-refractivity contribution >= 4 is 15.9 Å². The first kappa shape index (κ1) is 12.5. The maximum absolute atomic E-state index is 12.7. The fraction of sp³-hybridized carbons (Fsp3) is 0.750. The van der Waals surface area contributed by atoms with Crippen molar-refractivity contribution in [3.63, 3.8) is 0 Å². The third-order valence-electron chi connectivity index (χ3n) is 1.90. The summed E-state index contributed by atoms with van der Waals surface area (Å²) in [5.41, 5.74) is 5.47. The SMILES string of the molecule is CC(C)(C)C(N)c1noc(C(F)(F)Br)n1. The molecule has 1 atom stereocenters. The smallest absolute Gasteiger partial charge is 0.331 e. The lowest BCUT2D eigenvalue weighted by Crippen LogP contribution is -2.27. The van der Waals surface area contributed by atoms with Gasteiger partial charge < -0.3 is 10.3 Å². The van der Waals surface area contributed by atoms with Crippen molar-refractivity contribution in [3.8, 4) is 0 Å². The van der Waals surface area contributed by atoms with E-state index in [1.54, 1.807) is 0 Å². The number of alkyl halides is 3. The lowest BCUT2D eigenvalue weighted by molar-refractivity contribution is 0.0725. The number of halogens is 3. The maximum Gasteiger partial charge on any atom is 0.378 e. The van der Waals surface area contributed by atoms with Crippen LogP contribution in [-0.4, -0.2) is 10.1 Å². The van der Waals surface area contributed by atoms with E-state index in [0.29, 0.717) is 0 Å². The van der Waals surface area contributed by atoms with Gasteiger partial charge in [0.1, 0.15) is 0 Å². The standard InChI is InChI=1S/C8H12BrF2N3O/c1-7(2,3)4(12)5-13-6(15-14-5)8(9,10)11/h4H,12H2,1-3H3. The molecular formula is C8H12BrF2N3O. The molecule has 4 nitrogen and oxygen atoms in total. The minimum atomic E-state index is -3.31. The van der Waals surface area contributed by atoms with E-state index in [1.807, 2.05) is 20.8 Å². The van der Waals surface area contributed by atoms with Gasteiger partial charge in [0.15, 0.2) is 5.82 Å². The van der Waals surface area contributed by atoms with Crippen LogP contribution in [-0.2, 0) is 4.83 Å². The van der Waals surface area contributed by atoms with Gasteiger partial charge in [0, 0.05) is 15.9 Å². The summed E-state index contributed by atoms with van der Waals surface area (Å²) in [6.07, 6.45) is 0. The number of nitrogens with zero attached hydrogens (tertiary/aromatic N) is 2. The minimum absolute atomic E-state index is 0.0802. The van der Waals surface area contributed by atoms with Gasteiger partial charge in [-0.05, 0) is 5.41 Å². The van der Waals surface area contributed by atoms with Gasteiger partial charge in [0.25, 0.3) is 0 Å². The molecule has 0 saturated heterocycles. The Hall–Kier alpha value is -0.560. The number of aromatic nitrogens is 2. The molecule has 0 radical (unpaired) electrons. The Bertz CT molecular complexity index is 342. The molecule has 1 aromatic heterocycles. The first-order chi connectivity index (χ1) is 6.62. The molecule has 0 aliphatic carbocycles. The van der Waals surface area contributed by atoms with E-state index < -0.39 is 16.8 Å². The molecule has 1 heterocycles. The molecule has 86 valence electrons. The van der Waals surface area contributed by atoms with Crippen molar-refractivity contribution in [1.29, 1.82) is 0 Å². The van der Waals surface area contributed by atoms with Gasteiger partial charge in [-0.3, -0.25) is 0 Å². The molecule has 0 aliphatic rings. The van der Waals surface area contributed by atoms with Gasteiger partial charge in [0.05, 0.1) is 6.04 Å². The van der Waals surface area contributed by atoms with E-state index >= 15 is 0 Å². The average Bonchev–Trinajstić information content (AvgIpc) is 2.47. The molecule has 15 heavy (non-hydrogen) atoms. The summed E-state index contributed by atoms with van der Waals surface area (Å²) in [6.45, 7) is 5.58. The fourth-order valence-electron chi connectivity index (χ4n) is 0.864. The van der Waals surface area contributed by atoms with Gasteiger partial charge in [-0.1, -0.05) is 25.9 Å². The van der Waals surface area contributed by atoms with Crippen molar-refractivity contribution in [2.75, 3.05) is 0 Å². The van der Waals surface area contributed by atoms with E-state index in [9.17, 15) is 8.78 Å². The summed E-state index contributed by atoms with van der Waals surface area (Å²) < 4.78 is 29.8. The molecule has 0 bridgehead atoms. The second kappa shape index (κ2) is 3.79. The molecule has 1 rings (SSSR count). The lowest BCUT2D eigenvalue weighted by atomic mass is 9.87. The third kappa shape index (κ3) is 2.94. The predicted molar refractivity (Wildman–Crippen MR) is 53.5 cm³/mol. The van der Waals surface area contributed by atoms with Crippen molar-refractivity contribution in [2.45, 2.75) is 31.6 Å². The molecule has 0 saturated carbocycles. The van der Waals surface area contributed by atoms with Gasteiger partial charge in [-0.2, -0.15) is 13.8 Å². The number of nitrogens with two attached hydrogens (primary N) is 1. The molecular weight excluding hydrogens is 272 g/mol. The Morgan fingerprint density at radius 2 is 1.93 bits per heavy atom. The number of hydrogen-bond acceptors (Lipinski definition) is 4. The minimum Gasteiger partial charge on any atom is -0.331 e. The van der Waals surface area contributed by atoms with E-state index in [2.05, 4.69) is 30.6 Å². The summed E-state index contributed by atoms with van der Waals surface area (Å²) in [5, 5.41) is 3.43. The maximum atomic E-state index is 12.7. The second-order valence-electron chi connectivity index (χ2n) is 4.30. The Morgan fingerprint density at radius 3 is 2.27 bits per heavy atom. The summed E-state index contributed by atoms with van der Waals surface area (Å²) in [4.78, 5) is 0.239. The average molecular weight is 284 g/mol. The summed E-state index contributed by atoms with van der Waals surface area (Å²) in [7, 11) is 0. The second-order valence-corrected chi connectivity index (χ2v) is 5.30. The molecule has 1 unspecified atom stereocenters. The van der Waals surface area contributed by atoms with E-state index in [-0.39, 0.29) is 11.2 Å². The van der Waals surface area contributed by atoms with E-state index in [1.165, 1.54) is 0 Å². The van der Waals surface area contributed by atoms with Crippen LogP contribution in [0.15, 0.2) is 4.52 Å². The van der Waals surface area contributed by atoms with Crippen molar-refractivity contribution in [3.05, 3.63) is 11.7 Å². The van der Waals surface area contributed by atoms with Crippen LogP contribution in [0.4, 0.5) is 8.78 Å². The highest BCUT2D eigenvalue weighted by Gasteiger charge is 2.36. The van der Waals surface area contributed by atoms with Crippen LogP contribution in [0.5, 0.6) is 0 Å². The molecule has 0 aromatic carbocycles. The lowest BCUT2D eigenvalue weighted by Gasteiger charge is -2.23. The van der Waals surface area contributed by atoms with Crippen molar-refractivity contribution < 1.29 is 13.3 Å². The van der Waals surface area contributed by atoms with Crippen LogP contribution in [0.2, 0.25) is 0 Å². The molecule has 7 heteroatoms. The molecule has 1 aromatic rings. The van der Waals surface area contributed by atoms with E-state index in [0.717, 1.165) is 0 Å². The van der Waals surface area contributed by atoms with Gasteiger partial charge in [0.2, 0.25) is 0 Å². The molecule has 0 amide bonds. The number of rotatable bonds is 2. The van der Waals surface area contributed by atoms with Crippen LogP contribution < -0.4 is 5.73 Å². The van der Waals surface area contributed by atoms with Gasteiger partial charge >= 0.3 is 10.7 Å². The van der Waals surface area contributed by atoms with Crippen molar-refractivity contribution in [2.24, 2.45) is 11.1 Å². The van der Waals surface area contributed by atoms with Crippen LogP contribution in [0.1, 0.15) is 38.5 Å². The zero-order chi connectivity index (χ0) is 11.9. The molecule has 0 fully saturated rings. The zero-order valence-electron chi connectivity index (χ0n) is 8.59. The van der Waals surface area contributed by atoms with Crippen LogP contribution in [0.3, 0.4) is 0 Å². The fourth-order valence-corrected chi connectivity index (χ4v) is 1.02. The van der Waals surface area contributed by atoms with Gasteiger partial charge in [-0.25, -0.2) is 0 Å². The predicted octanol–water partition coefficient (Wildman–Crippen LogP) is 2.56. The molecule has 2 N–H and O–H groups in total. The monoisotopic (exact) mass is 283 g/mol. The normalized spacial score (nSPS) is 15.4. The summed E-state index contributed by atoms with van der Waals surface area (Å²) in [6, 6.07) is -0.551. The van der Waals surface area contributed by atoms with Crippen molar-refractivity contribution in [1.82, 2.24) is 10.1 Å². The van der Waals surface area contributed by atoms with E-state index in [4.69, 9.17) is 5.73 Å². The summed E-state index contributed by atoms with van der Waals surface area (Å²) >= 11 is 2.13.